The Morgan fingerprint density at radius 2 is 1.73 bits per heavy atom. The van der Waals surface area contributed by atoms with Gasteiger partial charge in [0.1, 0.15) is 0 Å². The van der Waals surface area contributed by atoms with Gasteiger partial charge in [0.2, 0.25) is 0 Å². The maximum atomic E-state index is 10.5. The fourth-order valence-electron chi connectivity index (χ4n) is 3.51. The molecule has 0 amide bonds. The molecular formula is C17H26BNO3. The number of aromatic nitrogens is 1. The zero-order valence-corrected chi connectivity index (χ0v) is 14.4. The summed E-state index contributed by atoms with van der Waals surface area (Å²) in [6.45, 7) is 13.1. The molecular weight excluding hydrogens is 277 g/mol. The summed E-state index contributed by atoms with van der Waals surface area (Å²) in [7, 11) is -0.432. The van der Waals surface area contributed by atoms with E-state index < -0.39 is 13.2 Å². The minimum atomic E-state index is -0.443. The zero-order chi connectivity index (χ0) is 16.3. The highest BCUT2D eigenvalue weighted by Crippen LogP contribution is 2.37. The lowest BCUT2D eigenvalue weighted by molar-refractivity contribution is 0.00578. The molecule has 0 aliphatic carbocycles. The smallest absolute Gasteiger partial charge is 0.399 e. The van der Waals surface area contributed by atoms with Crippen LogP contribution in [0.1, 0.15) is 59.8 Å². The van der Waals surface area contributed by atoms with Crippen molar-refractivity contribution in [2.75, 3.05) is 0 Å². The topological polar surface area (TPSA) is 43.6 Å². The maximum absolute atomic E-state index is 10.5. The van der Waals surface area contributed by atoms with Crippen molar-refractivity contribution in [3.63, 3.8) is 0 Å². The molecule has 1 saturated heterocycles. The van der Waals surface area contributed by atoms with Crippen molar-refractivity contribution in [1.82, 2.24) is 4.57 Å². The Balaban J connectivity index is 2.22. The fraction of sp³-hybridized carbons (Fsp3) is 0.647. The van der Waals surface area contributed by atoms with Crippen molar-refractivity contribution in [2.45, 2.75) is 71.8 Å². The highest BCUT2D eigenvalue weighted by molar-refractivity contribution is 6.62. The van der Waals surface area contributed by atoms with Gasteiger partial charge < -0.3 is 19.0 Å². The highest BCUT2D eigenvalue weighted by Gasteiger charge is 2.53. The van der Waals surface area contributed by atoms with Gasteiger partial charge in [-0.25, -0.2) is 0 Å². The molecule has 1 N–H and O–H groups in total. The molecule has 2 aliphatic heterocycles. The number of hydrogen-bond acceptors (Lipinski definition) is 3. The summed E-state index contributed by atoms with van der Waals surface area (Å²) in [6, 6.07) is 0. The van der Waals surface area contributed by atoms with E-state index in [-0.39, 0.29) is 11.2 Å². The molecule has 22 heavy (non-hydrogen) atoms. The van der Waals surface area contributed by atoms with Crippen LogP contribution in [-0.2, 0) is 15.9 Å². The van der Waals surface area contributed by atoms with Crippen molar-refractivity contribution in [3.05, 3.63) is 16.3 Å². The molecule has 1 unspecified atom stereocenters. The monoisotopic (exact) mass is 303 g/mol. The normalized spacial score (nSPS) is 27.8. The van der Waals surface area contributed by atoms with Crippen molar-refractivity contribution in [1.29, 1.82) is 0 Å². The number of hydrogen-bond donors (Lipinski definition) is 1. The van der Waals surface area contributed by atoms with E-state index in [4.69, 9.17) is 9.31 Å². The van der Waals surface area contributed by atoms with Gasteiger partial charge in [0.15, 0.2) is 0 Å². The van der Waals surface area contributed by atoms with Crippen LogP contribution in [0, 0.1) is 0 Å². The number of rotatable bonds is 1. The summed E-state index contributed by atoms with van der Waals surface area (Å²) < 4.78 is 14.7. The lowest BCUT2D eigenvalue weighted by Crippen LogP contribution is -2.47. The minimum Gasteiger partial charge on any atom is -0.399 e. The molecule has 5 heteroatoms. The van der Waals surface area contributed by atoms with Crippen LogP contribution in [0.4, 0.5) is 0 Å². The molecule has 0 bridgehead atoms. The van der Waals surface area contributed by atoms with Gasteiger partial charge in [-0.05, 0) is 53.2 Å². The van der Waals surface area contributed by atoms with E-state index in [2.05, 4.69) is 44.4 Å². The van der Waals surface area contributed by atoms with Crippen molar-refractivity contribution in [3.8, 4) is 0 Å². The first-order valence-electron chi connectivity index (χ1n) is 8.12. The third kappa shape index (κ3) is 2.03. The van der Waals surface area contributed by atoms with E-state index in [0.29, 0.717) is 0 Å². The van der Waals surface area contributed by atoms with E-state index in [1.54, 1.807) is 0 Å². The largest absolute Gasteiger partial charge is 0.497 e. The quantitative estimate of drug-likeness (QED) is 0.782. The van der Waals surface area contributed by atoms with Crippen molar-refractivity contribution in [2.24, 2.45) is 0 Å². The Labute approximate surface area is 132 Å². The SMILES string of the molecule is C/C=c1/c(B2OC(C)(C)C(C)(C)O2)c2n(/c1=C/C)CCC2O. The molecule has 3 heterocycles. The summed E-state index contributed by atoms with van der Waals surface area (Å²) in [6.07, 6.45) is 4.51. The molecule has 1 aromatic rings. The van der Waals surface area contributed by atoms with E-state index in [0.717, 1.165) is 34.7 Å². The first kappa shape index (κ1) is 15.8. The number of fused-ring (bicyclic) bond motifs is 1. The molecule has 1 atom stereocenters. The predicted octanol–water partition coefficient (Wildman–Crippen LogP) is 0.825. The van der Waals surface area contributed by atoms with E-state index in [1.165, 1.54) is 0 Å². The second-order valence-electron chi connectivity index (χ2n) is 7.22. The molecule has 1 fully saturated rings. The van der Waals surface area contributed by atoms with Gasteiger partial charge in [-0.2, -0.15) is 0 Å². The number of aliphatic hydroxyl groups is 1. The molecule has 0 saturated carbocycles. The van der Waals surface area contributed by atoms with Crippen LogP contribution in [-0.4, -0.2) is 28.0 Å². The summed E-state index contributed by atoms with van der Waals surface area (Å²) in [5.41, 5.74) is 1.20. The summed E-state index contributed by atoms with van der Waals surface area (Å²) in [5, 5.41) is 12.7. The van der Waals surface area contributed by atoms with E-state index in [9.17, 15) is 5.11 Å². The molecule has 0 aromatic carbocycles. The van der Waals surface area contributed by atoms with Crippen LogP contribution in [0.2, 0.25) is 0 Å². The first-order valence-corrected chi connectivity index (χ1v) is 8.12. The van der Waals surface area contributed by atoms with E-state index >= 15 is 0 Å². The third-order valence-electron chi connectivity index (χ3n) is 5.42. The summed E-state index contributed by atoms with van der Waals surface area (Å²) in [4.78, 5) is 0. The molecule has 0 spiro atoms. The van der Waals surface area contributed by atoms with Crippen molar-refractivity contribution < 1.29 is 14.4 Å². The Morgan fingerprint density at radius 3 is 2.23 bits per heavy atom. The minimum absolute atomic E-state index is 0.378. The Bertz CT molecular complexity index is 701. The molecule has 1 aromatic heterocycles. The maximum Gasteiger partial charge on any atom is 0.497 e. The van der Waals surface area contributed by atoms with Crippen LogP contribution in [0.5, 0.6) is 0 Å². The predicted molar refractivity (Wildman–Crippen MR) is 89.3 cm³/mol. The fourth-order valence-corrected chi connectivity index (χ4v) is 3.51. The Kier molecular flexibility index (Phi) is 3.59. The van der Waals surface area contributed by atoms with Crippen LogP contribution in [0.15, 0.2) is 0 Å². The Hall–Kier alpha value is -1.04. The average molecular weight is 303 g/mol. The van der Waals surface area contributed by atoms with E-state index in [1.807, 2.05) is 13.8 Å². The zero-order valence-electron chi connectivity index (χ0n) is 14.4. The highest BCUT2D eigenvalue weighted by atomic mass is 16.7. The summed E-state index contributed by atoms with van der Waals surface area (Å²) in [5.74, 6) is 0. The molecule has 2 aliphatic rings. The van der Waals surface area contributed by atoms with Crippen LogP contribution < -0.4 is 16.0 Å². The lowest BCUT2D eigenvalue weighted by atomic mass is 9.76. The van der Waals surface area contributed by atoms with Crippen LogP contribution >= 0.6 is 0 Å². The first-order chi connectivity index (χ1) is 10.2. The van der Waals surface area contributed by atoms with Gasteiger partial charge in [-0.1, -0.05) is 12.2 Å². The number of nitrogens with zero attached hydrogens (tertiary/aromatic N) is 1. The lowest BCUT2D eigenvalue weighted by Gasteiger charge is -2.32. The molecule has 0 radical (unpaired) electrons. The van der Waals surface area contributed by atoms with Crippen LogP contribution in [0.25, 0.3) is 12.2 Å². The molecule has 3 rings (SSSR count). The third-order valence-corrected chi connectivity index (χ3v) is 5.42. The van der Waals surface area contributed by atoms with Crippen molar-refractivity contribution >= 4 is 24.7 Å². The summed E-state index contributed by atoms with van der Waals surface area (Å²) >= 11 is 0. The second kappa shape index (κ2) is 4.98. The van der Waals surface area contributed by atoms with Gasteiger partial charge in [0, 0.05) is 23.1 Å². The van der Waals surface area contributed by atoms with Gasteiger partial charge in [-0.15, -0.1) is 0 Å². The van der Waals surface area contributed by atoms with Gasteiger partial charge in [-0.3, -0.25) is 0 Å². The standard InChI is InChI=1S/C17H26BNO3/c1-7-11-12(8-2)19-10-9-13(20)15(19)14(11)18-21-16(3,4)17(5,6)22-18/h7-8,13,20H,9-10H2,1-6H3/b11-7+,12-8+. The molecule has 4 nitrogen and oxygen atoms in total. The molecule has 120 valence electrons. The van der Waals surface area contributed by atoms with Crippen LogP contribution in [0.3, 0.4) is 0 Å². The van der Waals surface area contributed by atoms with Gasteiger partial charge in [0.25, 0.3) is 0 Å². The van der Waals surface area contributed by atoms with Gasteiger partial charge in [0.05, 0.1) is 17.3 Å². The second-order valence-corrected chi connectivity index (χ2v) is 7.22. The average Bonchev–Trinajstić information content (AvgIpc) is 3.00. The van der Waals surface area contributed by atoms with Gasteiger partial charge >= 0.3 is 7.12 Å². The Morgan fingerprint density at radius 1 is 1.14 bits per heavy atom. The number of aliphatic hydroxyl groups excluding tert-OH is 1.